The first-order valence-electron chi connectivity index (χ1n) is 11.8. The second kappa shape index (κ2) is 10.9. The van der Waals surface area contributed by atoms with Crippen LogP contribution in [-0.2, 0) is 19.6 Å². The Bertz CT molecular complexity index is 992. The van der Waals surface area contributed by atoms with E-state index in [2.05, 4.69) is 4.72 Å². The summed E-state index contributed by atoms with van der Waals surface area (Å²) in [5, 5.41) is 0. The number of amides is 2. The molecule has 34 heavy (non-hydrogen) atoms. The smallest absolute Gasteiger partial charge is 0.257 e. The summed E-state index contributed by atoms with van der Waals surface area (Å²) in [6.07, 6.45) is 4.77. The number of likely N-dealkylation sites (N-methyl/N-ethyl adjacent to an activating group) is 1. The summed E-state index contributed by atoms with van der Waals surface area (Å²) in [6.45, 7) is 5.04. The van der Waals surface area contributed by atoms with E-state index in [0.717, 1.165) is 31.9 Å². The Morgan fingerprint density at radius 2 is 1.85 bits per heavy atom. The van der Waals surface area contributed by atoms with Crippen LogP contribution in [0.3, 0.4) is 0 Å². The Balaban J connectivity index is 1.96. The fourth-order valence-electron chi connectivity index (χ4n) is 4.77. The lowest BCUT2D eigenvalue weighted by molar-refractivity contribution is -0.139. The number of carbonyl (C=O) groups excluding carboxylic acids is 2. The quantitative estimate of drug-likeness (QED) is 0.688. The van der Waals surface area contributed by atoms with Gasteiger partial charge in [0.25, 0.3) is 5.91 Å². The van der Waals surface area contributed by atoms with Crippen LogP contribution in [0.25, 0.3) is 0 Å². The molecular formula is C24H37N3O6S. The van der Waals surface area contributed by atoms with Crippen LogP contribution in [0.4, 0.5) is 5.69 Å². The zero-order valence-electron chi connectivity index (χ0n) is 20.7. The Morgan fingerprint density at radius 3 is 2.47 bits per heavy atom. The van der Waals surface area contributed by atoms with Crippen molar-refractivity contribution >= 4 is 27.5 Å². The summed E-state index contributed by atoms with van der Waals surface area (Å²) in [5.41, 5.74) is 0.529. The van der Waals surface area contributed by atoms with Crippen LogP contribution in [0.1, 0.15) is 49.9 Å². The van der Waals surface area contributed by atoms with Gasteiger partial charge in [-0.1, -0.05) is 19.8 Å². The van der Waals surface area contributed by atoms with Crippen LogP contribution < -0.4 is 9.46 Å². The third-order valence-corrected chi connectivity index (χ3v) is 7.34. The Hall–Kier alpha value is -2.33. The number of nitrogens with zero attached hydrogens (tertiary/aromatic N) is 2. The molecule has 1 aromatic rings. The monoisotopic (exact) mass is 495 g/mol. The molecule has 0 unspecified atom stereocenters. The van der Waals surface area contributed by atoms with Gasteiger partial charge in [0.15, 0.2) is 0 Å². The highest BCUT2D eigenvalue weighted by Crippen LogP contribution is 2.30. The van der Waals surface area contributed by atoms with Gasteiger partial charge in [-0.05, 0) is 38.0 Å². The number of rotatable bonds is 4. The van der Waals surface area contributed by atoms with Gasteiger partial charge in [0.2, 0.25) is 15.9 Å². The van der Waals surface area contributed by atoms with E-state index in [1.54, 1.807) is 31.2 Å². The van der Waals surface area contributed by atoms with Gasteiger partial charge in [-0.25, -0.2) is 8.42 Å². The van der Waals surface area contributed by atoms with E-state index in [0.29, 0.717) is 18.8 Å². The summed E-state index contributed by atoms with van der Waals surface area (Å²) in [5.74, 6) is 0.242. The van der Waals surface area contributed by atoms with Crippen LogP contribution in [0.15, 0.2) is 18.2 Å². The molecule has 1 saturated carbocycles. The molecule has 9 nitrogen and oxygen atoms in total. The lowest BCUT2D eigenvalue weighted by Gasteiger charge is -2.37. The van der Waals surface area contributed by atoms with Crippen molar-refractivity contribution in [3.8, 4) is 5.75 Å². The molecule has 1 aromatic carbocycles. The molecule has 0 bridgehead atoms. The third-order valence-electron chi connectivity index (χ3n) is 6.74. The molecule has 0 aromatic heterocycles. The van der Waals surface area contributed by atoms with Crippen LogP contribution >= 0.6 is 0 Å². The van der Waals surface area contributed by atoms with Gasteiger partial charge in [0.1, 0.15) is 12.4 Å². The number of sulfonamides is 1. The largest absolute Gasteiger partial charge is 0.491 e. The highest BCUT2D eigenvalue weighted by Gasteiger charge is 2.34. The number of anilines is 1. The zero-order valence-corrected chi connectivity index (χ0v) is 21.6. The van der Waals surface area contributed by atoms with Crippen molar-refractivity contribution in [1.82, 2.24) is 9.80 Å². The third kappa shape index (κ3) is 6.41. The number of ether oxygens (including phenoxy) is 2. The zero-order chi connectivity index (χ0) is 25.0. The molecule has 1 aliphatic carbocycles. The highest BCUT2D eigenvalue weighted by atomic mass is 32.2. The summed E-state index contributed by atoms with van der Waals surface area (Å²) < 4.78 is 37.6. The number of nitrogens with one attached hydrogen (secondary N) is 1. The summed E-state index contributed by atoms with van der Waals surface area (Å²) >= 11 is 0. The van der Waals surface area contributed by atoms with E-state index in [1.807, 2.05) is 18.7 Å². The first-order chi connectivity index (χ1) is 16.0. The average molecular weight is 496 g/mol. The van der Waals surface area contributed by atoms with Crippen LogP contribution in [0.5, 0.6) is 5.75 Å². The van der Waals surface area contributed by atoms with Crippen molar-refractivity contribution in [3.63, 3.8) is 0 Å². The molecular weight excluding hydrogens is 458 g/mol. The molecule has 1 heterocycles. The molecule has 190 valence electrons. The van der Waals surface area contributed by atoms with Gasteiger partial charge in [0, 0.05) is 44.8 Å². The van der Waals surface area contributed by atoms with Crippen LogP contribution in [0, 0.1) is 11.8 Å². The second-order valence-corrected chi connectivity index (χ2v) is 11.4. The Morgan fingerprint density at radius 1 is 1.18 bits per heavy atom. The molecule has 0 saturated heterocycles. The van der Waals surface area contributed by atoms with Gasteiger partial charge >= 0.3 is 0 Å². The molecule has 3 atom stereocenters. The minimum atomic E-state index is -3.51. The Kier molecular flexibility index (Phi) is 8.46. The van der Waals surface area contributed by atoms with E-state index < -0.39 is 10.0 Å². The minimum absolute atomic E-state index is 0.00909. The summed E-state index contributed by atoms with van der Waals surface area (Å²) in [6, 6.07) is 4.43. The number of hydrogen-bond acceptors (Lipinski definition) is 6. The highest BCUT2D eigenvalue weighted by molar-refractivity contribution is 7.92. The van der Waals surface area contributed by atoms with E-state index in [1.165, 1.54) is 6.07 Å². The van der Waals surface area contributed by atoms with Crippen molar-refractivity contribution in [3.05, 3.63) is 23.8 Å². The lowest BCUT2D eigenvalue weighted by Crippen LogP contribution is -2.50. The van der Waals surface area contributed by atoms with Crippen LogP contribution in [-0.4, -0.2) is 82.3 Å². The van der Waals surface area contributed by atoms with Crippen molar-refractivity contribution < 1.29 is 27.5 Å². The van der Waals surface area contributed by atoms with E-state index in [4.69, 9.17) is 9.47 Å². The normalized spacial score (nSPS) is 25.2. The van der Waals surface area contributed by atoms with Crippen molar-refractivity contribution in [2.24, 2.45) is 11.8 Å². The van der Waals surface area contributed by atoms with Crippen molar-refractivity contribution in [2.75, 3.05) is 44.8 Å². The van der Waals surface area contributed by atoms with E-state index >= 15 is 0 Å². The molecule has 0 spiro atoms. The molecule has 10 heteroatoms. The molecule has 0 radical (unpaired) electrons. The van der Waals surface area contributed by atoms with Gasteiger partial charge in [-0.15, -0.1) is 0 Å². The summed E-state index contributed by atoms with van der Waals surface area (Å²) in [7, 11) is -0.216. The molecule has 2 aliphatic rings. The molecule has 1 aliphatic heterocycles. The maximum atomic E-state index is 13.4. The van der Waals surface area contributed by atoms with Crippen molar-refractivity contribution in [2.45, 2.75) is 51.7 Å². The molecule has 3 rings (SSSR count). The van der Waals surface area contributed by atoms with Gasteiger partial charge < -0.3 is 19.3 Å². The number of fused-ring (bicyclic) bond motifs is 1. The maximum absolute atomic E-state index is 13.4. The molecule has 1 fully saturated rings. The second-order valence-electron chi connectivity index (χ2n) is 9.65. The minimum Gasteiger partial charge on any atom is -0.491 e. The predicted molar refractivity (Wildman–Crippen MR) is 130 cm³/mol. The summed E-state index contributed by atoms with van der Waals surface area (Å²) in [4.78, 5) is 30.2. The Labute approximate surface area is 202 Å². The van der Waals surface area contributed by atoms with Gasteiger partial charge in [-0.3, -0.25) is 14.3 Å². The fourth-order valence-corrected chi connectivity index (χ4v) is 5.32. The standard InChI is InChI=1S/C24H37N3O6S/c1-16-13-27(23(28)18-8-6-7-9-18)17(2)15-33-21-11-10-19(25-34(5,30)31)12-20(21)24(29)26(3)14-22(16)32-4/h10-12,16-18,22,25H,6-9,13-15H2,1-5H3/t16-,17+,22-/m1/s1. The molecule has 1 N–H and O–H groups in total. The van der Waals surface area contributed by atoms with Crippen molar-refractivity contribution in [1.29, 1.82) is 0 Å². The number of methoxy groups -OCH3 is 1. The van der Waals surface area contributed by atoms with Crippen LogP contribution in [0.2, 0.25) is 0 Å². The SMILES string of the molecule is CO[C@@H]1CN(C)C(=O)c2cc(NS(C)(=O)=O)ccc2OC[C@H](C)N(C(=O)C2CCCC2)C[C@H]1C. The van der Waals surface area contributed by atoms with Gasteiger partial charge in [-0.2, -0.15) is 0 Å². The van der Waals surface area contributed by atoms with E-state index in [-0.39, 0.29) is 53.7 Å². The predicted octanol–water partition coefficient (Wildman–Crippen LogP) is 2.58. The molecule has 2 amide bonds. The van der Waals surface area contributed by atoms with E-state index in [9.17, 15) is 18.0 Å². The lowest BCUT2D eigenvalue weighted by atomic mass is 9.99. The maximum Gasteiger partial charge on any atom is 0.257 e. The topological polar surface area (TPSA) is 105 Å². The number of benzene rings is 1. The number of hydrogen-bond donors (Lipinski definition) is 1. The first-order valence-corrected chi connectivity index (χ1v) is 13.7. The number of carbonyl (C=O) groups is 2. The van der Waals surface area contributed by atoms with Gasteiger partial charge in [0.05, 0.1) is 24.0 Å². The average Bonchev–Trinajstić information content (AvgIpc) is 3.32. The fraction of sp³-hybridized carbons (Fsp3) is 0.667. The first kappa shape index (κ1) is 26.3.